The number of nitrogens with zero attached hydrogens (tertiary/aromatic N) is 5. The first kappa shape index (κ1) is 19.9. The number of nitrogens with two attached hydrogens (primary N) is 1. The Labute approximate surface area is 168 Å². The zero-order valence-corrected chi connectivity index (χ0v) is 15.4. The van der Waals surface area contributed by atoms with Crippen molar-refractivity contribution in [2.75, 3.05) is 12.8 Å². The van der Waals surface area contributed by atoms with Crippen LogP contribution in [0.5, 0.6) is 11.5 Å². The molecule has 2 aromatic heterocycles. The standard InChI is InChI=1S/C18H13N7O5/c1-29-15-4-10(16-12(5-19)17(21)23-18(26)13(16)6-20)2-3-14(15)30-9-24-8-11(7-22-24)25(27)28/h2-4,7-8H,9H2,1H3,(H3,21,23,26). The second-order valence-electron chi connectivity index (χ2n) is 5.85. The number of nitro groups is 1. The predicted octanol–water partition coefficient (Wildman–Crippen LogP) is 1.52. The number of benzene rings is 1. The fraction of sp³-hybridized carbons (Fsp3) is 0.111. The summed E-state index contributed by atoms with van der Waals surface area (Å²) in [6.07, 6.45) is 2.30. The van der Waals surface area contributed by atoms with Crippen LogP contribution in [-0.2, 0) is 6.73 Å². The molecule has 12 heteroatoms. The minimum atomic E-state index is -0.719. The summed E-state index contributed by atoms with van der Waals surface area (Å²) in [5.41, 5.74) is 4.94. The van der Waals surface area contributed by atoms with Gasteiger partial charge in [-0.2, -0.15) is 15.6 Å². The topological polar surface area (TPSA) is 186 Å². The Morgan fingerprint density at radius 2 is 2.03 bits per heavy atom. The quantitative estimate of drug-likeness (QED) is 0.451. The molecule has 0 spiro atoms. The Hall–Kier alpha value is -4.84. The summed E-state index contributed by atoms with van der Waals surface area (Å²) < 4.78 is 12.1. The average molecular weight is 407 g/mol. The molecule has 30 heavy (non-hydrogen) atoms. The van der Waals surface area contributed by atoms with Crippen molar-refractivity contribution in [2.24, 2.45) is 0 Å². The van der Waals surface area contributed by atoms with E-state index in [9.17, 15) is 25.4 Å². The van der Waals surface area contributed by atoms with Gasteiger partial charge in [0.1, 0.15) is 41.5 Å². The van der Waals surface area contributed by atoms with Crippen LogP contribution in [0.2, 0.25) is 0 Å². The van der Waals surface area contributed by atoms with E-state index in [0.29, 0.717) is 5.56 Å². The molecule has 3 N–H and O–H groups in total. The summed E-state index contributed by atoms with van der Waals surface area (Å²) in [4.78, 5) is 24.5. The molecule has 0 fully saturated rings. The van der Waals surface area contributed by atoms with Gasteiger partial charge in [0.15, 0.2) is 18.2 Å². The normalized spacial score (nSPS) is 10.1. The van der Waals surface area contributed by atoms with Gasteiger partial charge in [0.05, 0.1) is 12.0 Å². The second kappa shape index (κ2) is 8.04. The molecule has 0 aliphatic rings. The molecule has 0 atom stereocenters. The molecule has 0 unspecified atom stereocenters. The number of nitrogen functional groups attached to an aromatic ring is 1. The highest BCUT2D eigenvalue weighted by molar-refractivity contribution is 5.81. The summed E-state index contributed by atoms with van der Waals surface area (Å²) in [5.74, 6) is 0.353. The maximum atomic E-state index is 12.1. The molecular formula is C18H13N7O5. The Kier molecular flexibility index (Phi) is 5.33. The van der Waals surface area contributed by atoms with Crippen molar-refractivity contribution in [1.29, 1.82) is 10.5 Å². The number of anilines is 1. The van der Waals surface area contributed by atoms with Crippen LogP contribution in [-0.4, -0.2) is 26.8 Å². The molecule has 0 saturated heterocycles. The van der Waals surface area contributed by atoms with E-state index in [1.165, 1.54) is 36.2 Å². The van der Waals surface area contributed by atoms with Gasteiger partial charge in [-0.25, -0.2) is 4.68 Å². The van der Waals surface area contributed by atoms with E-state index in [0.717, 1.165) is 6.20 Å². The van der Waals surface area contributed by atoms with Crippen molar-refractivity contribution in [3.63, 3.8) is 0 Å². The molecule has 0 aliphatic carbocycles. The molecular weight excluding hydrogens is 394 g/mol. The highest BCUT2D eigenvalue weighted by Gasteiger charge is 2.20. The minimum Gasteiger partial charge on any atom is -0.493 e. The summed E-state index contributed by atoms with van der Waals surface area (Å²) in [6, 6.07) is 8.19. The number of rotatable bonds is 6. The number of methoxy groups -OCH3 is 1. The van der Waals surface area contributed by atoms with Gasteiger partial charge in [-0.1, -0.05) is 6.07 Å². The van der Waals surface area contributed by atoms with Crippen molar-refractivity contribution in [3.8, 4) is 34.8 Å². The van der Waals surface area contributed by atoms with Gasteiger partial charge in [0.25, 0.3) is 5.56 Å². The van der Waals surface area contributed by atoms with Crippen LogP contribution in [0.3, 0.4) is 0 Å². The van der Waals surface area contributed by atoms with Crippen LogP contribution >= 0.6 is 0 Å². The predicted molar refractivity (Wildman–Crippen MR) is 102 cm³/mol. The van der Waals surface area contributed by atoms with Crippen molar-refractivity contribution in [1.82, 2.24) is 14.8 Å². The first-order valence-electron chi connectivity index (χ1n) is 8.23. The molecule has 0 amide bonds. The van der Waals surface area contributed by atoms with Gasteiger partial charge >= 0.3 is 5.69 Å². The summed E-state index contributed by atoms with van der Waals surface area (Å²) in [6.45, 7) is -0.131. The molecule has 0 radical (unpaired) electrons. The number of nitriles is 2. The van der Waals surface area contributed by atoms with E-state index >= 15 is 0 Å². The number of aromatic amines is 1. The molecule has 12 nitrogen and oxygen atoms in total. The lowest BCUT2D eigenvalue weighted by molar-refractivity contribution is -0.385. The molecule has 1 aromatic carbocycles. The van der Waals surface area contributed by atoms with E-state index < -0.39 is 10.5 Å². The Bertz CT molecular complexity index is 1280. The van der Waals surface area contributed by atoms with Gasteiger partial charge in [-0.3, -0.25) is 14.9 Å². The van der Waals surface area contributed by atoms with Gasteiger partial charge < -0.3 is 20.2 Å². The van der Waals surface area contributed by atoms with E-state index in [2.05, 4.69) is 10.1 Å². The summed E-state index contributed by atoms with van der Waals surface area (Å²) in [7, 11) is 1.38. The number of ether oxygens (including phenoxy) is 2. The molecule has 3 rings (SSSR count). The second-order valence-corrected chi connectivity index (χ2v) is 5.85. The van der Waals surface area contributed by atoms with Gasteiger partial charge in [-0.15, -0.1) is 0 Å². The number of H-pyrrole nitrogens is 1. The summed E-state index contributed by atoms with van der Waals surface area (Å²) >= 11 is 0. The molecule has 0 bridgehead atoms. The number of hydrogen-bond acceptors (Lipinski definition) is 9. The van der Waals surface area contributed by atoms with Crippen LogP contribution in [0.1, 0.15) is 11.1 Å². The van der Waals surface area contributed by atoms with Gasteiger partial charge in [-0.05, 0) is 17.7 Å². The third-order valence-electron chi connectivity index (χ3n) is 4.10. The van der Waals surface area contributed by atoms with Crippen molar-refractivity contribution in [3.05, 3.63) is 62.2 Å². The Balaban J connectivity index is 1.99. The number of nitrogens with one attached hydrogen (secondary N) is 1. The number of pyridine rings is 1. The van der Waals surface area contributed by atoms with E-state index in [1.807, 2.05) is 6.07 Å². The number of hydrogen-bond donors (Lipinski definition) is 2. The monoisotopic (exact) mass is 407 g/mol. The van der Waals surface area contributed by atoms with E-state index in [-0.39, 0.29) is 46.4 Å². The molecule has 2 heterocycles. The Morgan fingerprint density at radius 3 is 2.63 bits per heavy atom. The number of aromatic nitrogens is 3. The van der Waals surface area contributed by atoms with Crippen molar-refractivity contribution >= 4 is 11.5 Å². The lowest BCUT2D eigenvalue weighted by Crippen LogP contribution is -2.16. The van der Waals surface area contributed by atoms with E-state index in [1.54, 1.807) is 6.07 Å². The highest BCUT2D eigenvalue weighted by atomic mass is 16.6. The van der Waals surface area contributed by atoms with Gasteiger partial charge in [0, 0.05) is 5.56 Å². The third kappa shape index (κ3) is 3.61. The largest absolute Gasteiger partial charge is 0.493 e. The zero-order chi connectivity index (χ0) is 21.8. The van der Waals surface area contributed by atoms with Crippen molar-refractivity contribution < 1.29 is 14.4 Å². The first-order valence-corrected chi connectivity index (χ1v) is 8.23. The molecule has 0 saturated carbocycles. The maximum Gasteiger partial charge on any atom is 0.307 e. The third-order valence-corrected chi connectivity index (χ3v) is 4.10. The fourth-order valence-electron chi connectivity index (χ4n) is 2.73. The first-order chi connectivity index (χ1) is 14.4. The molecule has 150 valence electrons. The molecule has 3 aromatic rings. The van der Waals surface area contributed by atoms with Crippen LogP contribution in [0.25, 0.3) is 11.1 Å². The SMILES string of the molecule is COc1cc(-c2c(C#N)c(N)[nH]c(=O)c2C#N)ccc1OCn1cc([N+](=O)[O-])cn1. The Morgan fingerprint density at radius 1 is 1.30 bits per heavy atom. The fourth-order valence-corrected chi connectivity index (χ4v) is 2.73. The van der Waals surface area contributed by atoms with E-state index in [4.69, 9.17) is 15.2 Å². The van der Waals surface area contributed by atoms with Crippen LogP contribution < -0.4 is 20.8 Å². The maximum absolute atomic E-state index is 12.1. The van der Waals surface area contributed by atoms with Crippen molar-refractivity contribution in [2.45, 2.75) is 6.73 Å². The van der Waals surface area contributed by atoms with Crippen LogP contribution in [0.4, 0.5) is 11.5 Å². The lowest BCUT2D eigenvalue weighted by atomic mass is 9.96. The summed E-state index contributed by atoms with van der Waals surface area (Å²) in [5, 5.41) is 33.3. The van der Waals surface area contributed by atoms with Crippen LogP contribution in [0, 0.1) is 32.8 Å². The smallest absolute Gasteiger partial charge is 0.307 e. The lowest BCUT2D eigenvalue weighted by Gasteiger charge is -2.14. The van der Waals surface area contributed by atoms with Crippen LogP contribution in [0.15, 0.2) is 35.4 Å². The van der Waals surface area contributed by atoms with Gasteiger partial charge in [0.2, 0.25) is 0 Å². The zero-order valence-electron chi connectivity index (χ0n) is 15.4. The minimum absolute atomic E-state index is 0.0503. The molecule has 0 aliphatic heterocycles. The average Bonchev–Trinajstić information content (AvgIpc) is 3.21. The highest BCUT2D eigenvalue weighted by Crippen LogP contribution is 2.35.